The van der Waals surface area contributed by atoms with E-state index < -0.39 is 11.9 Å². The number of aliphatic carboxylic acids is 1. The maximum atomic E-state index is 10.9. The van der Waals surface area contributed by atoms with Gasteiger partial charge in [0, 0.05) is 6.04 Å². The van der Waals surface area contributed by atoms with Crippen molar-refractivity contribution in [2.75, 3.05) is 5.32 Å². The normalized spacial score (nSPS) is 14.4. The molecule has 2 aromatic rings. The minimum atomic E-state index is -0.822. The number of fused-ring (bicyclic) bond motifs is 1. The van der Waals surface area contributed by atoms with Gasteiger partial charge in [-0.1, -0.05) is 0 Å². The van der Waals surface area contributed by atoms with Gasteiger partial charge in [-0.25, -0.2) is 4.98 Å². The topological polar surface area (TPSA) is 79.5 Å². The first-order valence-electron chi connectivity index (χ1n) is 5.79. The lowest BCUT2D eigenvalue weighted by molar-refractivity contribution is -0.141. The van der Waals surface area contributed by atoms with Crippen LogP contribution in [0.2, 0.25) is 0 Å². The largest absolute Gasteiger partial charge is 0.481 e. The molecule has 6 nitrogen and oxygen atoms in total. The zero-order valence-electron chi connectivity index (χ0n) is 10.6. The number of aromatic nitrogens is 3. The number of nitrogens with zero attached hydrogens (tertiary/aromatic N) is 3. The lowest BCUT2D eigenvalue weighted by atomic mass is 10.0. The van der Waals surface area contributed by atoms with Crippen molar-refractivity contribution in [2.24, 2.45) is 5.92 Å². The Hall–Kier alpha value is -2.11. The van der Waals surface area contributed by atoms with Crippen molar-refractivity contribution in [3.05, 3.63) is 24.0 Å². The number of hydrogen-bond acceptors (Lipinski definition) is 4. The van der Waals surface area contributed by atoms with Gasteiger partial charge in [-0.05, 0) is 38.5 Å². The van der Waals surface area contributed by atoms with Crippen LogP contribution in [0.15, 0.2) is 18.5 Å². The molecule has 2 atom stereocenters. The Kier molecular flexibility index (Phi) is 3.18. The first kappa shape index (κ1) is 12.3. The van der Waals surface area contributed by atoms with Crippen molar-refractivity contribution in [3.63, 3.8) is 0 Å². The van der Waals surface area contributed by atoms with Crippen molar-refractivity contribution in [3.8, 4) is 0 Å². The molecule has 0 amide bonds. The molecule has 2 N–H and O–H groups in total. The molecule has 0 aromatic carbocycles. The van der Waals surface area contributed by atoms with Crippen LogP contribution in [-0.4, -0.2) is 31.7 Å². The molecular weight excluding hydrogens is 232 g/mol. The first-order valence-corrected chi connectivity index (χ1v) is 5.79. The van der Waals surface area contributed by atoms with E-state index >= 15 is 0 Å². The van der Waals surface area contributed by atoms with Crippen LogP contribution in [0.25, 0.3) is 5.65 Å². The molecule has 0 saturated heterocycles. The Morgan fingerprint density at radius 1 is 1.44 bits per heavy atom. The van der Waals surface area contributed by atoms with Gasteiger partial charge in [-0.2, -0.15) is 9.61 Å². The molecule has 2 heterocycles. The molecule has 2 aromatic heterocycles. The summed E-state index contributed by atoms with van der Waals surface area (Å²) in [7, 11) is 0. The van der Waals surface area contributed by atoms with Gasteiger partial charge in [0.15, 0.2) is 5.65 Å². The van der Waals surface area contributed by atoms with Gasteiger partial charge in [-0.15, -0.1) is 0 Å². The fraction of sp³-hybridized carbons (Fsp3) is 0.417. The Labute approximate surface area is 105 Å². The fourth-order valence-corrected chi connectivity index (χ4v) is 1.73. The number of carboxylic acids is 1. The Bertz CT molecular complexity index is 578. The molecule has 0 aliphatic carbocycles. The minimum absolute atomic E-state index is 0.198. The van der Waals surface area contributed by atoms with Crippen molar-refractivity contribution in [1.29, 1.82) is 0 Å². The Morgan fingerprint density at radius 3 is 2.83 bits per heavy atom. The second kappa shape index (κ2) is 4.64. The molecule has 2 rings (SSSR count). The molecule has 2 unspecified atom stereocenters. The number of carbonyl (C=O) groups is 1. The molecule has 0 spiro atoms. The summed E-state index contributed by atoms with van der Waals surface area (Å²) < 4.78 is 1.66. The van der Waals surface area contributed by atoms with E-state index in [4.69, 9.17) is 5.11 Å². The fourth-order valence-electron chi connectivity index (χ4n) is 1.73. The molecule has 0 aliphatic rings. The summed E-state index contributed by atoms with van der Waals surface area (Å²) >= 11 is 0. The van der Waals surface area contributed by atoms with Crippen LogP contribution in [0.4, 0.5) is 5.82 Å². The van der Waals surface area contributed by atoms with Crippen LogP contribution >= 0.6 is 0 Å². The second-order valence-corrected chi connectivity index (χ2v) is 4.51. The number of anilines is 1. The van der Waals surface area contributed by atoms with Gasteiger partial charge >= 0.3 is 5.97 Å². The average molecular weight is 248 g/mol. The smallest absolute Gasteiger partial charge is 0.308 e. The second-order valence-electron chi connectivity index (χ2n) is 4.51. The lowest BCUT2D eigenvalue weighted by Crippen LogP contribution is -2.30. The molecule has 96 valence electrons. The molecule has 0 aliphatic heterocycles. The maximum Gasteiger partial charge on any atom is 0.308 e. The van der Waals surface area contributed by atoms with E-state index in [-0.39, 0.29) is 6.04 Å². The van der Waals surface area contributed by atoms with Crippen molar-refractivity contribution in [2.45, 2.75) is 26.8 Å². The van der Waals surface area contributed by atoms with Crippen molar-refractivity contribution in [1.82, 2.24) is 14.6 Å². The van der Waals surface area contributed by atoms with Gasteiger partial charge in [-0.3, -0.25) is 4.79 Å². The van der Waals surface area contributed by atoms with E-state index in [0.717, 1.165) is 17.0 Å². The number of aryl methyl sites for hydroxylation is 1. The highest BCUT2D eigenvalue weighted by molar-refractivity contribution is 5.71. The van der Waals surface area contributed by atoms with Crippen molar-refractivity contribution >= 4 is 17.4 Å². The summed E-state index contributed by atoms with van der Waals surface area (Å²) in [6.45, 7) is 5.48. The highest BCUT2D eigenvalue weighted by Gasteiger charge is 2.20. The van der Waals surface area contributed by atoms with Crippen LogP contribution in [0.1, 0.15) is 19.4 Å². The summed E-state index contributed by atoms with van der Waals surface area (Å²) in [4.78, 5) is 15.1. The van der Waals surface area contributed by atoms with Crippen LogP contribution in [0, 0.1) is 12.8 Å². The van der Waals surface area contributed by atoms with Crippen LogP contribution in [0.3, 0.4) is 0 Å². The maximum absolute atomic E-state index is 10.9. The van der Waals surface area contributed by atoms with Gasteiger partial charge in [0.05, 0.1) is 5.92 Å². The Balaban J connectivity index is 2.31. The summed E-state index contributed by atoms with van der Waals surface area (Å²) in [6.07, 6.45) is 1.48. The van der Waals surface area contributed by atoms with Gasteiger partial charge < -0.3 is 10.4 Å². The summed E-state index contributed by atoms with van der Waals surface area (Å²) in [6, 6.07) is 3.65. The predicted octanol–water partition coefficient (Wildman–Crippen LogP) is 1.56. The SMILES string of the molecule is Cc1cc(NC(C)C(C)C(=O)O)n2ncnc2c1. The number of hydrogen-bond donors (Lipinski definition) is 2. The van der Waals surface area contributed by atoms with E-state index in [0.29, 0.717) is 0 Å². The third-order valence-electron chi connectivity index (χ3n) is 3.04. The van der Waals surface area contributed by atoms with Gasteiger partial charge in [0.1, 0.15) is 12.1 Å². The molecular formula is C12H16N4O2. The molecule has 0 saturated carbocycles. The molecule has 0 bridgehead atoms. The molecule has 0 radical (unpaired) electrons. The molecule has 0 fully saturated rings. The van der Waals surface area contributed by atoms with E-state index in [1.807, 2.05) is 26.0 Å². The molecule has 6 heteroatoms. The van der Waals surface area contributed by atoms with E-state index in [1.165, 1.54) is 6.33 Å². The summed E-state index contributed by atoms with van der Waals surface area (Å²) in [5.74, 6) is -0.551. The van der Waals surface area contributed by atoms with Crippen LogP contribution in [0.5, 0.6) is 0 Å². The monoisotopic (exact) mass is 248 g/mol. The number of rotatable bonds is 4. The van der Waals surface area contributed by atoms with E-state index in [1.54, 1.807) is 11.4 Å². The van der Waals surface area contributed by atoms with Crippen LogP contribution < -0.4 is 5.32 Å². The van der Waals surface area contributed by atoms with Gasteiger partial charge in [0.2, 0.25) is 0 Å². The number of carboxylic acid groups (broad SMARTS) is 1. The molecule has 18 heavy (non-hydrogen) atoms. The lowest BCUT2D eigenvalue weighted by Gasteiger charge is -2.19. The zero-order valence-corrected chi connectivity index (χ0v) is 10.6. The quantitative estimate of drug-likeness (QED) is 0.858. The van der Waals surface area contributed by atoms with Gasteiger partial charge in [0.25, 0.3) is 0 Å². The summed E-state index contributed by atoms with van der Waals surface area (Å²) in [5, 5.41) is 16.3. The third-order valence-corrected chi connectivity index (χ3v) is 3.04. The van der Waals surface area contributed by atoms with E-state index in [9.17, 15) is 4.79 Å². The third kappa shape index (κ3) is 2.27. The van der Waals surface area contributed by atoms with Crippen LogP contribution in [-0.2, 0) is 4.79 Å². The minimum Gasteiger partial charge on any atom is -0.481 e. The first-order chi connectivity index (χ1) is 8.49. The van der Waals surface area contributed by atoms with E-state index in [2.05, 4.69) is 15.4 Å². The zero-order chi connectivity index (χ0) is 13.3. The highest BCUT2D eigenvalue weighted by atomic mass is 16.4. The highest BCUT2D eigenvalue weighted by Crippen LogP contribution is 2.16. The number of nitrogens with one attached hydrogen (secondary N) is 1. The Morgan fingerprint density at radius 2 is 2.17 bits per heavy atom. The standard InChI is InChI=1S/C12H16N4O2/c1-7-4-10-13-6-14-16(10)11(5-7)15-9(3)8(2)12(17)18/h4-6,8-9,15H,1-3H3,(H,17,18). The summed E-state index contributed by atoms with van der Waals surface area (Å²) in [5.41, 5.74) is 1.79. The van der Waals surface area contributed by atoms with Crippen molar-refractivity contribution < 1.29 is 9.90 Å². The predicted molar refractivity (Wildman–Crippen MR) is 67.6 cm³/mol. The number of pyridine rings is 1. The average Bonchev–Trinajstić information content (AvgIpc) is 2.75.